The summed E-state index contributed by atoms with van der Waals surface area (Å²) in [5.41, 5.74) is 4.13. The molecule has 12 N–H and O–H groups in total. The number of hydrogen-bond acceptors (Lipinski definition) is 19. The van der Waals surface area contributed by atoms with Gasteiger partial charge in [-0.1, -0.05) is 182 Å². The Balaban J connectivity index is 0.00000109. The molecule has 6 unspecified atom stereocenters. The number of aliphatic hydroxyl groups excluding tert-OH is 6. The Hall–Kier alpha value is -6.04. The second kappa shape index (κ2) is 54.0. The molecule has 6 atom stereocenters. The van der Waals surface area contributed by atoms with E-state index >= 15 is 0 Å². The van der Waals surface area contributed by atoms with E-state index in [-0.39, 0.29) is 83.2 Å². The summed E-state index contributed by atoms with van der Waals surface area (Å²) in [5.74, 6) is -4.61. The molecule has 0 spiro atoms. The van der Waals surface area contributed by atoms with E-state index in [1.54, 1.807) is 0 Å². The van der Waals surface area contributed by atoms with Crippen molar-refractivity contribution in [2.45, 2.75) is 109 Å². The normalized spacial score (nSPS) is 12.5. The van der Waals surface area contributed by atoms with Gasteiger partial charge in [0.15, 0.2) is 0 Å². The fourth-order valence-electron chi connectivity index (χ4n) is 7.67. The Morgan fingerprint density at radius 2 is 0.389 bits per heavy atom. The highest BCUT2D eigenvalue weighted by Crippen LogP contribution is 2.29. The zero-order valence-corrected chi connectivity index (χ0v) is 58.2. The smallest absolute Gasteiger partial charge is 0.303 e. The number of rotatable bonds is 34. The van der Waals surface area contributed by atoms with Crippen LogP contribution in [0.2, 0.25) is 0 Å². The zero-order valence-electron chi connectivity index (χ0n) is 52.8. The summed E-state index contributed by atoms with van der Waals surface area (Å²) < 4.78 is 5.15. The molecule has 0 aliphatic heterocycles. The van der Waals surface area contributed by atoms with Crippen LogP contribution in [-0.4, -0.2) is 150 Å². The minimum atomic E-state index is -1.16. The van der Waals surface area contributed by atoms with Gasteiger partial charge < -0.3 is 66.0 Å². The molecule has 95 heavy (non-hydrogen) atoms. The van der Waals surface area contributed by atoms with Crippen molar-refractivity contribution in [3.8, 4) is 0 Å². The minimum Gasteiger partial charge on any atom is -0.481 e. The molecule has 25 heteroatoms. The van der Waals surface area contributed by atoms with Gasteiger partial charge in [0, 0.05) is 70.0 Å². The maximum absolute atomic E-state index is 10.3. The number of carbonyl (C=O) groups is 6. The summed E-state index contributed by atoms with van der Waals surface area (Å²) in [6.45, 7) is -3.01. The first kappa shape index (κ1) is 89.0. The van der Waals surface area contributed by atoms with Crippen molar-refractivity contribution in [2.24, 2.45) is 10.8 Å². The molecular weight excluding hydrogens is 1340 g/mol. The molecule has 0 heterocycles. The van der Waals surface area contributed by atoms with E-state index in [0.717, 1.165) is 33.4 Å². The predicted molar refractivity (Wildman–Crippen MR) is 388 cm³/mol. The third-order valence-corrected chi connectivity index (χ3v) is 17.1. The van der Waals surface area contributed by atoms with Crippen molar-refractivity contribution < 1.29 is 94.8 Å². The second-order valence-electron chi connectivity index (χ2n) is 21.6. The van der Waals surface area contributed by atoms with Gasteiger partial charge in [0.25, 0.3) is 0 Å². The molecule has 0 radical (unpaired) electrons. The third-order valence-electron chi connectivity index (χ3n) is 13.7. The molecule has 6 aromatic rings. The number of hydrogen-bond donors (Lipinski definition) is 18. The summed E-state index contributed by atoms with van der Waals surface area (Å²) in [5, 5.41) is 105. The maximum atomic E-state index is 10.3. The van der Waals surface area contributed by atoms with Crippen molar-refractivity contribution in [2.75, 3.05) is 52.9 Å². The number of ether oxygens (including phenoxy) is 1. The average molecular weight is 1430 g/mol. The third kappa shape index (κ3) is 43.7. The molecular formula is C70H94O19S6. The number of carboxylic acid groups (broad SMARTS) is 6. The highest BCUT2D eigenvalue weighted by Gasteiger charge is 2.33. The average Bonchev–Trinajstić information content (AvgIpc) is 1.69. The Kier molecular flexibility index (Phi) is 50.6. The molecule has 6 rings (SSSR count). The summed E-state index contributed by atoms with van der Waals surface area (Å²) in [6, 6.07) is 58.2. The van der Waals surface area contributed by atoms with Gasteiger partial charge in [-0.3, -0.25) is 28.8 Å². The van der Waals surface area contributed by atoms with Crippen molar-refractivity contribution in [1.82, 2.24) is 0 Å². The van der Waals surface area contributed by atoms with Crippen LogP contribution in [0.3, 0.4) is 0 Å². The van der Waals surface area contributed by atoms with Gasteiger partial charge in [-0.05, 0) is 71.9 Å². The summed E-state index contributed by atoms with van der Waals surface area (Å²) in [4.78, 5) is 61.8. The van der Waals surface area contributed by atoms with E-state index in [0.29, 0.717) is 38.5 Å². The van der Waals surface area contributed by atoms with E-state index in [2.05, 4.69) is 75.8 Å². The van der Waals surface area contributed by atoms with Crippen LogP contribution in [0.15, 0.2) is 182 Å². The lowest BCUT2D eigenvalue weighted by Gasteiger charge is -2.31. The quantitative estimate of drug-likeness (QED) is 0.0167. The number of thiol groups is 6. The van der Waals surface area contributed by atoms with Gasteiger partial charge >= 0.3 is 35.8 Å². The van der Waals surface area contributed by atoms with Crippen LogP contribution in [0.1, 0.15) is 142 Å². The molecule has 0 bridgehead atoms. The summed E-state index contributed by atoms with van der Waals surface area (Å²) in [7, 11) is 0. The largest absolute Gasteiger partial charge is 0.481 e. The van der Waals surface area contributed by atoms with Crippen LogP contribution in [-0.2, 0) is 33.5 Å². The molecule has 0 saturated carbocycles. The fraction of sp³-hybridized carbons (Fsp3) is 0.400. The topological polar surface area (TPSA) is 354 Å². The van der Waals surface area contributed by atoms with Gasteiger partial charge in [0.2, 0.25) is 0 Å². The number of benzene rings is 6. The fourth-order valence-corrected chi connectivity index (χ4v) is 9.48. The van der Waals surface area contributed by atoms with E-state index in [9.17, 15) is 28.8 Å². The molecule has 0 saturated heterocycles. The van der Waals surface area contributed by atoms with Gasteiger partial charge in [-0.2, -0.15) is 75.8 Å². The molecule has 0 aromatic heterocycles. The van der Waals surface area contributed by atoms with E-state index in [4.69, 9.17) is 66.0 Å². The van der Waals surface area contributed by atoms with Gasteiger partial charge in [0.1, 0.15) is 0 Å². The first-order chi connectivity index (χ1) is 45.3. The summed E-state index contributed by atoms with van der Waals surface area (Å²) >= 11 is 26.0. The van der Waals surface area contributed by atoms with E-state index in [1.165, 1.54) is 0 Å². The number of carboxylic acids is 6. The first-order valence-electron chi connectivity index (χ1n) is 30.2. The van der Waals surface area contributed by atoms with Crippen molar-refractivity contribution >= 4 is 112 Å². The first-order valence-corrected chi connectivity index (χ1v) is 33.3. The Morgan fingerprint density at radius 3 is 0.495 bits per heavy atom. The van der Waals surface area contributed by atoms with Gasteiger partial charge in [-0.25, -0.2) is 0 Å². The maximum Gasteiger partial charge on any atom is 0.303 e. The lowest BCUT2D eigenvalue weighted by atomic mass is 9.91. The molecule has 0 fully saturated rings. The Morgan fingerprint density at radius 1 is 0.263 bits per heavy atom. The number of aliphatic hydroxyl groups is 6. The van der Waals surface area contributed by atoms with E-state index in [1.807, 2.05) is 182 Å². The van der Waals surface area contributed by atoms with E-state index < -0.39 is 86.3 Å². The van der Waals surface area contributed by atoms with Gasteiger partial charge in [0.05, 0.1) is 63.7 Å². The van der Waals surface area contributed by atoms with Crippen LogP contribution in [0.5, 0.6) is 0 Å². The molecule has 524 valence electrons. The molecule has 6 aromatic carbocycles. The highest BCUT2D eigenvalue weighted by atomic mass is 32.1. The Bertz CT molecular complexity index is 2440. The zero-order chi connectivity index (χ0) is 71.5. The SMILES string of the molecule is O=C(O)CCC(S)c1ccccc1.O=C(O)CCC(S)c1ccccc1.O=C(O)CCC(S)c1ccccc1.O=C(O)CCC(S)c1ccccc1.O=C(O)CCC(S)c1ccccc1.O=C(O)CCC(S)c1ccccc1.OCC(CO)(CO)COCC(CO)(CO)CO. The molecule has 0 aliphatic rings. The summed E-state index contributed by atoms with van der Waals surface area (Å²) in [6.07, 6.45) is 4.45. The lowest BCUT2D eigenvalue weighted by molar-refractivity contribution is -0.138. The number of aliphatic carboxylic acids is 6. The highest BCUT2D eigenvalue weighted by molar-refractivity contribution is 7.81. The second-order valence-corrected chi connectivity index (χ2v) is 25.3. The Labute approximate surface area is 590 Å². The van der Waals surface area contributed by atoms with Crippen LogP contribution < -0.4 is 0 Å². The van der Waals surface area contributed by atoms with Crippen molar-refractivity contribution in [3.63, 3.8) is 0 Å². The monoisotopic (exact) mass is 1430 g/mol. The standard InChI is InChI=1S/C10H22O7.6C10H12O2S/c11-1-9(2-12,3-13)7-17-8-10(4-14,5-15)6-16;6*11-10(12)7-6-9(13)8-4-2-1-3-5-8/h11-16H,1-8H2;6*1-5,9,13H,6-7H2,(H,11,12). The predicted octanol–water partition coefficient (Wildman–Crippen LogP) is 12.1. The van der Waals surface area contributed by atoms with Crippen LogP contribution in [0.4, 0.5) is 0 Å². The lowest BCUT2D eigenvalue weighted by Crippen LogP contribution is -2.43. The van der Waals surface area contributed by atoms with Crippen LogP contribution in [0.25, 0.3) is 0 Å². The molecule has 19 nitrogen and oxygen atoms in total. The van der Waals surface area contributed by atoms with Gasteiger partial charge in [-0.15, -0.1) is 0 Å². The molecule has 0 aliphatic carbocycles. The van der Waals surface area contributed by atoms with Crippen LogP contribution in [0, 0.1) is 10.8 Å². The minimum absolute atomic E-state index is 0.0253. The van der Waals surface area contributed by atoms with Crippen molar-refractivity contribution in [3.05, 3.63) is 215 Å². The molecule has 0 amide bonds. The van der Waals surface area contributed by atoms with Crippen LogP contribution >= 0.6 is 75.8 Å². The van der Waals surface area contributed by atoms with Crippen molar-refractivity contribution in [1.29, 1.82) is 0 Å².